The van der Waals surface area contributed by atoms with E-state index in [4.69, 9.17) is 11.6 Å². The second-order valence-electron chi connectivity index (χ2n) is 5.50. The maximum absolute atomic E-state index is 11.7. The molecule has 2 rings (SSSR count). The topological polar surface area (TPSA) is 87.3 Å². The number of carbonyl (C=O) groups is 1. The Hall–Kier alpha value is -1.31. The highest BCUT2D eigenvalue weighted by atomic mass is 35.5. The highest BCUT2D eigenvalue weighted by Crippen LogP contribution is 2.13. The summed E-state index contributed by atoms with van der Waals surface area (Å²) in [7, 11) is -3.84. The fourth-order valence-electron chi connectivity index (χ4n) is 1.89. The van der Waals surface area contributed by atoms with E-state index in [0.29, 0.717) is 5.02 Å². The van der Waals surface area contributed by atoms with Crippen molar-refractivity contribution in [2.24, 2.45) is 0 Å². The minimum atomic E-state index is -3.84. The Kier molecular flexibility index (Phi) is 8.36. The molecule has 0 aliphatic carbocycles. The number of carbonyl (C=O) groups excluding carboxylic acids is 1. The predicted molar refractivity (Wildman–Crippen MR) is 92.2 cm³/mol. The van der Waals surface area contributed by atoms with Gasteiger partial charge in [0.25, 0.3) is 10.0 Å². The van der Waals surface area contributed by atoms with Gasteiger partial charge in [0.05, 0.1) is 4.90 Å². The Balaban J connectivity index is 0.000000366. The number of halogens is 1. The average Bonchev–Trinajstić information content (AvgIpc) is 2.48. The summed E-state index contributed by atoms with van der Waals surface area (Å²) in [5.74, 6) is 0. The zero-order valence-corrected chi connectivity index (χ0v) is 15.0. The van der Waals surface area contributed by atoms with Crippen LogP contribution in [0.15, 0.2) is 29.2 Å². The van der Waals surface area contributed by atoms with E-state index in [1.54, 1.807) is 13.8 Å². The van der Waals surface area contributed by atoms with Crippen LogP contribution in [-0.2, 0) is 10.0 Å². The number of amides is 2. The van der Waals surface area contributed by atoms with Gasteiger partial charge in [-0.3, -0.25) is 0 Å². The Morgan fingerprint density at radius 3 is 2.09 bits per heavy atom. The van der Waals surface area contributed by atoms with E-state index in [9.17, 15) is 13.2 Å². The zero-order valence-electron chi connectivity index (χ0n) is 13.4. The predicted octanol–water partition coefficient (Wildman–Crippen LogP) is 2.50. The molecule has 23 heavy (non-hydrogen) atoms. The van der Waals surface area contributed by atoms with Gasteiger partial charge in [0.1, 0.15) is 0 Å². The highest BCUT2D eigenvalue weighted by molar-refractivity contribution is 7.90. The summed E-state index contributed by atoms with van der Waals surface area (Å²) >= 11 is 5.64. The Labute approximate surface area is 143 Å². The van der Waals surface area contributed by atoms with Crippen molar-refractivity contribution in [1.82, 2.24) is 15.4 Å². The second kappa shape index (κ2) is 9.75. The summed E-state index contributed by atoms with van der Waals surface area (Å²) < 4.78 is 25.3. The molecule has 0 saturated carbocycles. The van der Waals surface area contributed by atoms with Crippen molar-refractivity contribution >= 4 is 27.7 Å². The summed E-state index contributed by atoms with van der Waals surface area (Å²) in [4.78, 5) is 11.3. The molecule has 1 fully saturated rings. The van der Waals surface area contributed by atoms with Gasteiger partial charge in [-0.15, -0.1) is 0 Å². The number of piperidine rings is 1. The number of nitrogens with one attached hydrogen (secondary N) is 3. The van der Waals surface area contributed by atoms with E-state index in [1.165, 1.54) is 56.6 Å². The van der Waals surface area contributed by atoms with E-state index in [0.717, 1.165) is 0 Å². The first-order chi connectivity index (χ1) is 10.8. The molecule has 8 heteroatoms. The molecular weight excluding hydrogens is 338 g/mol. The third-order valence-corrected chi connectivity index (χ3v) is 4.58. The molecule has 130 valence electrons. The minimum absolute atomic E-state index is 0.0131. The molecule has 0 aromatic heterocycles. The smallest absolute Gasteiger partial charge is 0.328 e. The number of urea groups is 1. The molecule has 1 saturated heterocycles. The molecular formula is C15H24ClN3O3S. The van der Waals surface area contributed by atoms with E-state index >= 15 is 0 Å². The van der Waals surface area contributed by atoms with Crippen LogP contribution in [0, 0.1) is 0 Å². The first-order valence-corrected chi connectivity index (χ1v) is 9.47. The van der Waals surface area contributed by atoms with Crippen molar-refractivity contribution in [2.75, 3.05) is 13.1 Å². The summed E-state index contributed by atoms with van der Waals surface area (Å²) in [5.41, 5.74) is 0. The Morgan fingerprint density at radius 1 is 1.13 bits per heavy atom. The monoisotopic (exact) mass is 361 g/mol. The first-order valence-electron chi connectivity index (χ1n) is 7.61. The lowest BCUT2D eigenvalue weighted by atomic mass is 10.2. The van der Waals surface area contributed by atoms with Gasteiger partial charge in [-0.25, -0.2) is 17.9 Å². The van der Waals surface area contributed by atoms with Gasteiger partial charge >= 0.3 is 6.03 Å². The van der Waals surface area contributed by atoms with Crippen LogP contribution in [0.4, 0.5) is 4.79 Å². The van der Waals surface area contributed by atoms with E-state index in [-0.39, 0.29) is 10.9 Å². The van der Waals surface area contributed by atoms with Crippen LogP contribution in [0.1, 0.15) is 33.1 Å². The molecule has 1 aliphatic heterocycles. The van der Waals surface area contributed by atoms with Crippen molar-refractivity contribution in [3.05, 3.63) is 29.3 Å². The van der Waals surface area contributed by atoms with Gasteiger partial charge in [-0.05, 0) is 64.0 Å². The van der Waals surface area contributed by atoms with E-state index in [2.05, 4.69) is 10.6 Å². The summed E-state index contributed by atoms with van der Waals surface area (Å²) in [6.45, 7) is 5.96. The van der Waals surface area contributed by atoms with Gasteiger partial charge in [0.2, 0.25) is 0 Å². The largest absolute Gasteiger partial charge is 0.335 e. The van der Waals surface area contributed by atoms with Crippen LogP contribution in [0.3, 0.4) is 0 Å². The SMILES string of the molecule is C1CCNCC1.CC(C)NC(=O)NS(=O)(=O)c1ccc(Cl)cc1. The molecule has 0 bridgehead atoms. The van der Waals surface area contributed by atoms with Gasteiger partial charge < -0.3 is 10.6 Å². The van der Waals surface area contributed by atoms with Crippen molar-refractivity contribution in [3.8, 4) is 0 Å². The molecule has 1 aromatic rings. The molecule has 1 aliphatic rings. The van der Waals surface area contributed by atoms with E-state index < -0.39 is 16.1 Å². The lowest BCUT2D eigenvalue weighted by Crippen LogP contribution is -2.42. The molecule has 0 unspecified atom stereocenters. The summed E-state index contributed by atoms with van der Waals surface area (Å²) in [5, 5.41) is 6.14. The van der Waals surface area contributed by atoms with Crippen molar-refractivity contribution < 1.29 is 13.2 Å². The number of hydrogen-bond acceptors (Lipinski definition) is 4. The quantitative estimate of drug-likeness (QED) is 0.771. The number of sulfonamides is 1. The standard InChI is InChI=1S/C10H13ClN2O3S.C5H11N/c1-7(2)12-10(14)13-17(15,16)9-5-3-8(11)4-6-9;1-2-4-6-5-3-1/h3-7H,1-2H3,(H2,12,13,14);6H,1-5H2. The molecule has 3 N–H and O–H groups in total. The van der Waals surface area contributed by atoms with Crippen LogP contribution in [0.2, 0.25) is 5.02 Å². The Bertz CT molecular complexity index is 573. The molecule has 2 amide bonds. The summed E-state index contributed by atoms with van der Waals surface area (Å²) in [6, 6.07) is 4.64. The van der Waals surface area contributed by atoms with E-state index in [1.807, 2.05) is 4.72 Å². The van der Waals surface area contributed by atoms with Crippen LogP contribution < -0.4 is 15.4 Å². The Morgan fingerprint density at radius 2 is 1.70 bits per heavy atom. The molecule has 0 spiro atoms. The van der Waals surface area contributed by atoms with Crippen LogP contribution in [-0.4, -0.2) is 33.6 Å². The molecule has 0 radical (unpaired) electrons. The minimum Gasteiger partial charge on any atom is -0.335 e. The normalized spacial score (nSPS) is 14.6. The fourth-order valence-corrected chi connectivity index (χ4v) is 2.93. The van der Waals surface area contributed by atoms with Gasteiger partial charge in [0.15, 0.2) is 0 Å². The molecule has 0 atom stereocenters. The van der Waals surface area contributed by atoms with Crippen molar-refractivity contribution in [2.45, 2.75) is 44.0 Å². The second-order valence-corrected chi connectivity index (χ2v) is 7.62. The van der Waals surface area contributed by atoms with Crippen molar-refractivity contribution in [3.63, 3.8) is 0 Å². The average molecular weight is 362 g/mol. The number of benzene rings is 1. The number of hydrogen-bond donors (Lipinski definition) is 3. The van der Waals surface area contributed by atoms with Crippen LogP contribution in [0.25, 0.3) is 0 Å². The molecule has 1 aromatic carbocycles. The zero-order chi connectivity index (χ0) is 17.3. The maximum Gasteiger partial charge on any atom is 0.328 e. The van der Waals surface area contributed by atoms with Gasteiger partial charge in [-0.1, -0.05) is 18.0 Å². The van der Waals surface area contributed by atoms with Crippen LogP contribution in [0.5, 0.6) is 0 Å². The van der Waals surface area contributed by atoms with Gasteiger partial charge in [-0.2, -0.15) is 0 Å². The number of rotatable bonds is 3. The molecule has 1 heterocycles. The van der Waals surface area contributed by atoms with Gasteiger partial charge in [0, 0.05) is 11.1 Å². The molecule has 6 nitrogen and oxygen atoms in total. The third kappa shape index (κ3) is 8.20. The summed E-state index contributed by atoms with van der Waals surface area (Å²) in [6.07, 6.45) is 4.22. The lowest BCUT2D eigenvalue weighted by Gasteiger charge is -2.10. The maximum atomic E-state index is 11.7. The lowest BCUT2D eigenvalue weighted by molar-refractivity contribution is 0.243. The van der Waals surface area contributed by atoms with Crippen LogP contribution >= 0.6 is 11.6 Å². The first kappa shape index (κ1) is 19.7. The highest BCUT2D eigenvalue weighted by Gasteiger charge is 2.17. The van der Waals surface area contributed by atoms with Crippen molar-refractivity contribution in [1.29, 1.82) is 0 Å². The fraction of sp³-hybridized carbons (Fsp3) is 0.533. The third-order valence-electron chi connectivity index (χ3n) is 2.98.